The number of aliphatic hydroxyl groups excluding tert-OH is 1. The highest BCUT2D eigenvalue weighted by atomic mass is 16.5. The minimum atomic E-state index is 0.0923. The van der Waals surface area contributed by atoms with E-state index in [9.17, 15) is 0 Å². The fourth-order valence-corrected chi connectivity index (χ4v) is 9.23. The van der Waals surface area contributed by atoms with Crippen molar-refractivity contribution in [1.82, 2.24) is 0 Å². The predicted molar refractivity (Wildman–Crippen MR) is 141 cm³/mol. The molecule has 0 aromatic carbocycles. The van der Waals surface area contributed by atoms with Crippen molar-refractivity contribution < 1.29 is 14.6 Å². The fraction of sp³-hybridized carbons (Fsp3) is 0.935. The van der Waals surface area contributed by atoms with Gasteiger partial charge in [-0.25, -0.2) is 0 Å². The molecule has 4 aliphatic rings. The lowest BCUT2D eigenvalue weighted by atomic mass is 9.47. The Morgan fingerprint density at radius 1 is 0.971 bits per heavy atom. The first-order valence-corrected chi connectivity index (χ1v) is 14.8. The summed E-state index contributed by atoms with van der Waals surface area (Å²) in [6, 6.07) is 0. The van der Waals surface area contributed by atoms with E-state index >= 15 is 0 Å². The highest BCUT2D eigenvalue weighted by Crippen LogP contribution is 2.67. The van der Waals surface area contributed by atoms with Crippen molar-refractivity contribution in [2.45, 2.75) is 111 Å². The topological polar surface area (TPSA) is 38.7 Å². The lowest BCUT2D eigenvalue weighted by Gasteiger charge is -2.58. The van der Waals surface area contributed by atoms with Crippen molar-refractivity contribution in [2.75, 3.05) is 26.4 Å². The Kier molecular flexibility index (Phi) is 8.90. The van der Waals surface area contributed by atoms with Crippen LogP contribution in [0.1, 0.15) is 105 Å². The van der Waals surface area contributed by atoms with Crippen molar-refractivity contribution in [2.24, 2.45) is 46.3 Å². The summed E-state index contributed by atoms with van der Waals surface area (Å²) in [5.41, 5.74) is 2.69. The number of rotatable bonds is 11. The van der Waals surface area contributed by atoms with Crippen LogP contribution in [0.4, 0.5) is 0 Å². The smallest absolute Gasteiger partial charge is 0.0704 e. The Morgan fingerprint density at radius 3 is 2.56 bits per heavy atom. The van der Waals surface area contributed by atoms with Gasteiger partial charge in [0.1, 0.15) is 0 Å². The van der Waals surface area contributed by atoms with E-state index in [0.29, 0.717) is 36.8 Å². The summed E-state index contributed by atoms with van der Waals surface area (Å²) in [6.07, 6.45) is 18.1. The normalized spacial score (nSPS) is 40.4. The molecule has 3 heteroatoms. The maximum Gasteiger partial charge on any atom is 0.0704 e. The number of ether oxygens (including phenoxy) is 2. The van der Waals surface area contributed by atoms with Gasteiger partial charge in [-0.3, -0.25) is 0 Å². The minimum Gasteiger partial charge on any atom is -0.394 e. The lowest BCUT2D eigenvalue weighted by molar-refractivity contribution is -0.0683. The minimum absolute atomic E-state index is 0.0923. The Morgan fingerprint density at radius 2 is 1.79 bits per heavy atom. The Labute approximate surface area is 210 Å². The number of aliphatic hydroxyl groups is 1. The first kappa shape index (κ1) is 26.7. The standard InChI is InChI=1S/C31H54O3/c1-22(2)7-6-8-23(3)27-11-12-28-26-10-9-24-21-25(34-20-19-33-18-17-32)13-15-30(24,4)29(26)14-16-31(27,28)5/h9,22-23,25-29,32H,6-8,10-21H2,1-5H3/t23-,25+,26+,27-,28+,29+,30+,31-/m1/s1. The molecule has 3 fully saturated rings. The molecule has 196 valence electrons. The van der Waals surface area contributed by atoms with Crippen molar-refractivity contribution in [3.8, 4) is 0 Å². The van der Waals surface area contributed by atoms with E-state index in [4.69, 9.17) is 14.6 Å². The maximum absolute atomic E-state index is 8.86. The van der Waals surface area contributed by atoms with Gasteiger partial charge in [-0.15, -0.1) is 0 Å². The average Bonchev–Trinajstić information content (AvgIpc) is 3.16. The van der Waals surface area contributed by atoms with E-state index in [2.05, 4.69) is 40.7 Å². The van der Waals surface area contributed by atoms with Crippen LogP contribution >= 0.6 is 0 Å². The fourth-order valence-electron chi connectivity index (χ4n) is 9.23. The van der Waals surface area contributed by atoms with Gasteiger partial charge in [0.25, 0.3) is 0 Å². The summed E-state index contributed by atoms with van der Waals surface area (Å²) < 4.78 is 11.6. The predicted octanol–water partition coefficient (Wildman–Crippen LogP) is 7.42. The van der Waals surface area contributed by atoms with Gasteiger partial charge in [0.05, 0.1) is 32.5 Å². The van der Waals surface area contributed by atoms with Crippen LogP contribution in [0, 0.1) is 46.3 Å². The van der Waals surface area contributed by atoms with E-state index in [1.807, 2.05) is 0 Å². The van der Waals surface area contributed by atoms with Crippen LogP contribution < -0.4 is 0 Å². The van der Waals surface area contributed by atoms with E-state index < -0.39 is 0 Å². The molecular weight excluding hydrogens is 420 g/mol. The zero-order valence-corrected chi connectivity index (χ0v) is 23.0. The van der Waals surface area contributed by atoms with Crippen LogP contribution in [0.15, 0.2) is 11.6 Å². The molecule has 0 aliphatic heterocycles. The maximum atomic E-state index is 8.86. The van der Waals surface area contributed by atoms with Gasteiger partial charge in [0, 0.05) is 0 Å². The Balaban J connectivity index is 1.37. The highest BCUT2D eigenvalue weighted by Gasteiger charge is 2.59. The van der Waals surface area contributed by atoms with Crippen molar-refractivity contribution >= 4 is 0 Å². The van der Waals surface area contributed by atoms with Gasteiger partial charge in [0.2, 0.25) is 0 Å². The van der Waals surface area contributed by atoms with Gasteiger partial charge >= 0.3 is 0 Å². The molecular formula is C31H54O3. The average molecular weight is 475 g/mol. The third kappa shape index (κ3) is 5.32. The number of hydrogen-bond acceptors (Lipinski definition) is 3. The number of hydrogen-bond donors (Lipinski definition) is 1. The van der Waals surface area contributed by atoms with Crippen LogP contribution in [0.2, 0.25) is 0 Å². The van der Waals surface area contributed by atoms with E-state index in [0.717, 1.165) is 41.9 Å². The zero-order valence-electron chi connectivity index (χ0n) is 23.0. The first-order chi connectivity index (χ1) is 16.3. The number of allylic oxidation sites excluding steroid dienone is 1. The van der Waals surface area contributed by atoms with Crippen LogP contribution in [0.3, 0.4) is 0 Å². The molecule has 8 atom stereocenters. The highest BCUT2D eigenvalue weighted by molar-refractivity contribution is 5.25. The summed E-state index contributed by atoms with van der Waals surface area (Å²) in [7, 11) is 0. The van der Waals surface area contributed by atoms with Crippen LogP contribution in [0.5, 0.6) is 0 Å². The monoisotopic (exact) mass is 474 g/mol. The second kappa shape index (κ2) is 11.3. The van der Waals surface area contributed by atoms with Gasteiger partial charge < -0.3 is 14.6 Å². The second-order valence-electron chi connectivity index (χ2n) is 13.4. The molecule has 0 amide bonds. The quantitative estimate of drug-likeness (QED) is 0.250. The Hall–Kier alpha value is -0.380. The summed E-state index contributed by atoms with van der Waals surface area (Å²) in [5.74, 6) is 5.42. The third-order valence-corrected chi connectivity index (χ3v) is 11.1. The van der Waals surface area contributed by atoms with Gasteiger partial charge in [0.15, 0.2) is 0 Å². The molecule has 0 heterocycles. The second-order valence-corrected chi connectivity index (χ2v) is 13.4. The number of fused-ring (bicyclic) bond motifs is 5. The molecule has 0 aromatic heterocycles. The summed E-state index contributed by atoms with van der Waals surface area (Å²) in [4.78, 5) is 0. The van der Waals surface area contributed by atoms with Crippen molar-refractivity contribution in [3.05, 3.63) is 11.6 Å². The molecule has 0 unspecified atom stereocenters. The SMILES string of the molecule is CC(C)CCC[C@@H](C)[C@H]1CC[C@H]2[C@@H]3CC=C4C[C@@H](OCCOCCO)CC[C@]4(C)[C@H]3CC[C@]12C. The van der Waals surface area contributed by atoms with E-state index in [1.54, 1.807) is 5.57 Å². The van der Waals surface area contributed by atoms with E-state index in [-0.39, 0.29) is 6.61 Å². The summed E-state index contributed by atoms with van der Waals surface area (Å²) >= 11 is 0. The molecule has 4 aliphatic carbocycles. The molecule has 0 spiro atoms. The van der Waals surface area contributed by atoms with Crippen molar-refractivity contribution in [1.29, 1.82) is 0 Å². The molecule has 34 heavy (non-hydrogen) atoms. The molecule has 1 N–H and O–H groups in total. The molecule has 4 rings (SSSR count). The third-order valence-electron chi connectivity index (χ3n) is 11.1. The molecule has 0 bridgehead atoms. The van der Waals surface area contributed by atoms with Crippen LogP contribution in [0.25, 0.3) is 0 Å². The van der Waals surface area contributed by atoms with Crippen molar-refractivity contribution in [3.63, 3.8) is 0 Å². The van der Waals surface area contributed by atoms with E-state index in [1.165, 1.54) is 64.2 Å². The van der Waals surface area contributed by atoms with Gasteiger partial charge in [-0.05, 0) is 97.7 Å². The zero-order chi connectivity index (χ0) is 24.3. The molecule has 3 saturated carbocycles. The van der Waals surface area contributed by atoms with Gasteiger partial charge in [-0.1, -0.05) is 65.5 Å². The first-order valence-electron chi connectivity index (χ1n) is 14.8. The largest absolute Gasteiger partial charge is 0.394 e. The molecule has 0 radical (unpaired) electrons. The Bertz CT molecular complexity index is 686. The summed E-state index contributed by atoms with van der Waals surface area (Å²) in [5, 5.41) is 8.86. The van der Waals surface area contributed by atoms with Crippen LogP contribution in [-0.4, -0.2) is 37.6 Å². The van der Waals surface area contributed by atoms with Crippen LogP contribution in [-0.2, 0) is 9.47 Å². The lowest BCUT2D eigenvalue weighted by Crippen LogP contribution is -2.51. The van der Waals surface area contributed by atoms with Gasteiger partial charge in [-0.2, -0.15) is 0 Å². The summed E-state index contributed by atoms with van der Waals surface area (Å²) in [6.45, 7) is 14.4. The molecule has 0 aromatic rings. The molecule has 3 nitrogen and oxygen atoms in total. The molecule has 0 saturated heterocycles.